The highest BCUT2D eigenvalue weighted by Gasteiger charge is 2.76. The van der Waals surface area contributed by atoms with E-state index in [-0.39, 0.29) is 39.5 Å². The van der Waals surface area contributed by atoms with E-state index in [4.69, 9.17) is 16.3 Å². The van der Waals surface area contributed by atoms with Crippen LogP contribution in [-0.2, 0) is 11.8 Å². The maximum absolute atomic E-state index is 13.1. The Morgan fingerprint density at radius 2 is 2.03 bits per heavy atom. The van der Waals surface area contributed by atoms with Crippen LogP contribution < -0.4 is 0 Å². The third kappa shape index (κ3) is 2.80. The fraction of sp³-hybridized carbons (Fsp3) is 0.680. The summed E-state index contributed by atoms with van der Waals surface area (Å²) in [6.07, 6.45) is 1.90. The van der Waals surface area contributed by atoms with Gasteiger partial charge in [0.15, 0.2) is 11.8 Å². The monoisotopic (exact) mass is 492 g/mol. The first-order valence-electron chi connectivity index (χ1n) is 11.8. The van der Waals surface area contributed by atoms with Gasteiger partial charge < -0.3 is 25.2 Å². The second-order valence-electron chi connectivity index (χ2n) is 11.3. The number of halogens is 1. The molecular weight excluding hydrogens is 460 g/mol. The minimum atomic E-state index is -2.09. The van der Waals surface area contributed by atoms with Crippen LogP contribution in [0.1, 0.15) is 44.6 Å². The molecule has 2 bridgehead atoms. The maximum atomic E-state index is 13.1. The van der Waals surface area contributed by atoms with Crippen LogP contribution in [0.25, 0.3) is 0 Å². The number of esters is 1. The van der Waals surface area contributed by atoms with Gasteiger partial charge in [-0.3, -0.25) is 4.68 Å². The predicted octanol–water partition coefficient (Wildman–Crippen LogP) is 1.86. The van der Waals surface area contributed by atoms with Gasteiger partial charge in [-0.2, -0.15) is 5.10 Å². The van der Waals surface area contributed by atoms with E-state index < -0.39 is 41.9 Å². The minimum absolute atomic E-state index is 0.00491. The molecule has 9 heteroatoms. The molecule has 4 aliphatic carbocycles. The molecule has 0 amide bonds. The summed E-state index contributed by atoms with van der Waals surface area (Å²) in [4.78, 5) is 13.1. The number of hydrogen-bond acceptors (Lipinski definition) is 7. The van der Waals surface area contributed by atoms with E-state index in [0.29, 0.717) is 11.5 Å². The Kier molecular flexibility index (Phi) is 5.22. The number of rotatable bonds is 3. The van der Waals surface area contributed by atoms with Gasteiger partial charge in [0.1, 0.15) is 11.7 Å². The highest BCUT2D eigenvalue weighted by atomic mass is 35.5. The number of carbonyl (C=O) groups is 1. The Bertz CT molecular complexity index is 1110. The highest BCUT2D eigenvalue weighted by molar-refractivity contribution is 6.33. The molecule has 186 valence electrons. The van der Waals surface area contributed by atoms with E-state index in [9.17, 15) is 25.2 Å². The van der Waals surface area contributed by atoms with Crippen molar-refractivity contribution in [2.45, 2.75) is 58.0 Å². The largest absolute Gasteiger partial charge is 0.450 e. The average molecular weight is 493 g/mol. The van der Waals surface area contributed by atoms with Crippen LogP contribution in [0.15, 0.2) is 29.5 Å². The smallest absolute Gasteiger partial charge is 0.361 e. The third-order valence-corrected chi connectivity index (χ3v) is 9.64. The van der Waals surface area contributed by atoms with Crippen molar-refractivity contribution in [3.8, 4) is 0 Å². The van der Waals surface area contributed by atoms with Crippen molar-refractivity contribution in [1.82, 2.24) is 9.78 Å². The molecule has 34 heavy (non-hydrogen) atoms. The van der Waals surface area contributed by atoms with Crippen molar-refractivity contribution in [3.05, 3.63) is 40.2 Å². The van der Waals surface area contributed by atoms with Gasteiger partial charge in [-0.25, -0.2) is 4.79 Å². The Morgan fingerprint density at radius 3 is 2.62 bits per heavy atom. The SMILES string of the molecule is CC1=C[C@]23C(O)[C@@H](C=C(CO)[C@@H](O)[C@]2(O)[C@H]1OC(=O)c1nn(C)cc1Cl)[C@H]1[C@@H](C[C@H]3C)C1(C)C. The molecule has 4 N–H and O–H groups in total. The van der Waals surface area contributed by atoms with Gasteiger partial charge in [0, 0.05) is 19.2 Å². The van der Waals surface area contributed by atoms with Crippen LogP contribution in [-0.4, -0.2) is 66.7 Å². The minimum Gasteiger partial charge on any atom is -0.450 e. The van der Waals surface area contributed by atoms with Crippen LogP contribution >= 0.6 is 11.6 Å². The van der Waals surface area contributed by atoms with Gasteiger partial charge >= 0.3 is 5.97 Å². The molecule has 5 rings (SSSR count). The zero-order valence-electron chi connectivity index (χ0n) is 20.1. The predicted molar refractivity (Wildman–Crippen MR) is 124 cm³/mol. The quantitative estimate of drug-likeness (QED) is 0.375. The van der Waals surface area contributed by atoms with Crippen LogP contribution in [0, 0.1) is 34.5 Å². The van der Waals surface area contributed by atoms with Gasteiger partial charge in [0.05, 0.1) is 23.1 Å². The van der Waals surface area contributed by atoms with E-state index >= 15 is 0 Å². The number of nitrogens with zero attached hydrogens (tertiary/aromatic N) is 2. The summed E-state index contributed by atoms with van der Waals surface area (Å²) in [5.74, 6) is -0.941. The lowest BCUT2D eigenvalue weighted by Crippen LogP contribution is -2.66. The van der Waals surface area contributed by atoms with Crippen molar-refractivity contribution in [3.63, 3.8) is 0 Å². The lowest BCUT2D eigenvalue weighted by molar-refractivity contribution is -0.215. The van der Waals surface area contributed by atoms with Gasteiger partial charge in [-0.1, -0.05) is 44.5 Å². The number of fused-ring (bicyclic) bond motifs is 3. The standard InChI is InChI=1S/C25H33ClN2O6/c1-11-8-24-12(2)6-15-17(23(15,3)4)14(20(24)31)7-13(10-29)19(30)25(24,33)21(11)34-22(32)18-16(26)9-28(5)27-18/h7-9,12,14-15,17,19-21,29-31,33H,6,10H2,1-5H3/t12-,14+,15-,17+,19-,20?,21+,24+,25+/m1/s1. The Balaban J connectivity index is 1.64. The normalized spacial score (nSPS) is 44.2. The fourth-order valence-electron chi connectivity index (χ4n) is 7.66. The first-order chi connectivity index (χ1) is 15.8. The fourth-order valence-corrected chi connectivity index (χ4v) is 7.92. The Labute approximate surface area is 203 Å². The number of aliphatic hydroxyl groups excluding tert-OH is 3. The molecule has 1 aromatic heterocycles. The number of ether oxygens (including phenoxy) is 1. The van der Waals surface area contributed by atoms with Crippen molar-refractivity contribution >= 4 is 17.6 Å². The summed E-state index contributed by atoms with van der Waals surface area (Å²) in [6, 6.07) is 0. The van der Waals surface area contributed by atoms with E-state index in [0.717, 1.165) is 6.42 Å². The summed E-state index contributed by atoms with van der Waals surface area (Å²) >= 11 is 6.14. The van der Waals surface area contributed by atoms with Gasteiger partial charge in [-0.05, 0) is 47.7 Å². The molecule has 1 aromatic rings. The Hall–Kier alpha value is -1.71. The number of aliphatic hydroxyl groups is 4. The van der Waals surface area contributed by atoms with E-state index in [1.54, 1.807) is 26.1 Å². The van der Waals surface area contributed by atoms with Crippen molar-refractivity contribution in [1.29, 1.82) is 0 Å². The van der Waals surface area contributed by atoms with Crippen molar-refractivity contribution < 1.29 is 30.0 Å². The maximum Gasteiger partial charge on any atom is 0.361 e. The van der Waals surface area contributed by atoms with Gasteiger partial charge in [-0.15, -0.1) is 0 Å². The molecule has 8 nitrogen and oxygen atoms in total. The number of carbonyl (C=O) groups excluding carboxylic acids is 1. The lowest BCUT2D eigenvalue weighted by Gasteiger charge is -2.52. The summed E-state index contributed by atoms with van der Waals surface area (Å²) in [6.45, 7) is 7.56. The van der Waals surface area contributed by atoms with Gasteiger partial charge in [0.2, 0.25) is 0 Å². The van der Waals surface area contributed by atoms with Crippen LogP contribution in [0.2, 0.25) is 5.02 Å². The van der Waals surface area contributed by atoms with E-state index in [2.05, 4.69) is 18.9 Å². The average Bonchev–Trinajstić information content (AvgIpc) is 3.04. The van der Waals surface area contributed by atoms with E-state index in [1.165, 1.54) is 10.9 Å². The summed E-state index contributed by atoms with van der Waals surface area (Å²) < 4.78 is 7.18. The van der Waals surface area contributed by atoms with Crippen molar-refractivity contribution in [2.75, 3.05) is 6.61 Å². The number of aromatic nitrogens is 2. The molecule has 1 unspecified atom stereocenters. The zero-order chi connectivity index (χ0) is 25.0. The molecule has 9 atom stereocenters. The first kappa shape index (κ1) is 24.0. The zero-order valence-corrected chi connectivity index (χ0v) is 20.8. The highest BCUT2D eigenvalue weighted by Crippen LogP contribution is 2.72. The van der Waals surface area contributed by atoms with Crippen LogP contribution in [0.4, 0.5) is 0 Å². The summed E-state index contributed by atoms with van der Waals surface area (Å²) in [7, 11) is 1.62. The van der Waals surface area contributed by atoms with Crippen LogP contribution in [0.3, 0.4) is 0 Å². The molecule has 2 saturated carbocycles. The molecule has 4 aliphatic rings. The molecule has 1 spiro atoms. The lowest BCUT2D eigenvalue weighted by atomic mass is 9.58. The van der Waals surface area contributed by atoms with Crippen molar-refractivity contribution in [2.24, 2.45) is 41.5 Å². The summed E-state index contributed by atoms with van der Waals surface area (Å²) in [5, 5.41) is 50.2. The first-order valence-corrected chi connectivity index (χ1v) is 12.2. The molecule has 0 aliphatic heterocycles. The second kappa shape index (κ2) is 7.40. The third-order valence-electron chi connectivity index (χ3n) is 9.36. The van der Waals surface area contributed by atoms with Crippen LogP contribution in [0.5, 0.6) is 0 Å². The molecule has 0 aromatic carbocycles. The second-order valence-corrected chi connectivity index (χ2v) is 11.8. The van der Waals surface area contributed by atoms with Gasteiger partial charge in [0.25, 0.3) is 0 Å². The number of hydrogen-bond donors (Lipinski definition) is 4. The Morgan fingerprint density at radius 1 is 1.35 bits per heavy atom. The molecule has 1 heterocycles. The molecule has 0 radical (unpaired) electrons. The summed E-state index contributed by atoms with van der Waals surface area (Å²) in [5.41, 5.74) is -2.71. The molecule has 0 saturated heterocycles. The topological polar surface area (TPSA) is 125 Å². The molecular formula is C25H33ClN2O6. The van der Waals surface area contributed by atoms with E-state index in [1.807, 2.05) is 6.92 Å². The molecule has 2 fully saturated rings. The number of aryl methyl sites for hydroxylation is 1.